The summed E-state index contributed by atoms with van der Waals surface area (Å²) in [6, 6.07) is 14.1. The molecule has 0 aliphatic carbocycles. The molecule has 0 atom stereocenters. The minimum atomic E-state index is -3.50. The molecule has 3 rings (SSSR count). The Morgan fingerprint density at radius 1 is 1.13 bits per heavy atom. The lowest BCUT2D eigenvalue weighted by Crippen LogP contribution is -2.23. The molecule has 2 N–H and O–H groups in total. The second kappa shape index (κ2) is 6.14. The lowest BCUT2D eigenvalue weighted by atomic mass is 10.2. The standard InChI is InChI=1S/C17H19N3O2S/c1-12(2)17-19-15-9-8-13(10-16(15)20-17)11-18-23(21,22)14-6-4-3-5-7-14/h3-10,12,18H,11H2,1-2H3,(H,19,20). The number of fused-ring (bicyclic) bond motifs is 1. The average Bonchev–Trinajstić information content (AvgIpc) is 2.97. The van der Waals surface area contributed by atoms with Crippen LogP contribution < -0.4 is 4.72 Å². The molecule has 1 heterocycles. The molecular weight excluding hydrogens is 310 g/mol. The van der Waals surface area contributed by atoms with Gasteiger partial charge in [0.2, 0.25) is 10.0 Å². The van der Waals surface area contributed by atoms with Crippen molar-refractivity contribution in [2.75, 3.05) is 0 Å². The maximum atomic E-state index is 12.2. The maximum Gasteiger partial charge on any atom is 0.240 e. The SMILES string of the molecule is CC(C)c1nc2ccc(CNS(=O)(=O)c3ccccc3)cc2[nH]1. The van der Waals surface area contributed by atoms with Gasteiger partial charge in [0.1, 0.15) is 5.82 Å². The molecule has 5 nitrogen and oxygen atoms in total. The Kier molecular flexibility index (Phi) is 4.19. The third-order valence-corrected chi connectivity index (χ3v) is 5.05. The Bertz CT molecular complexity index is 915. The Labute approximate surface area is 135 Å². The number of sulfonamides is 1. The fourth-order valence-corrected chi connectivity index (χ4v) is 3.36. The number of aromatic nitrogens is 2. The van der Waals surface area contributed by atoms with Crippen LogP contribution in [-0.2, 0) is 16.6 Å². The van der Waals surface area contributed by atoms with E-state index in [1.54, 1.807) is 30.3 Å². The topological polar surface area (TPSA) is 74.8 Å². The largest absolute Gasteiger partial charge is 0.342 e. The van der Waals surface area contributed by atoms with Crippen LogP contribution in [0.3, 0.4) is 0 Å². The van der Waals surface area contributed by atoms with Crippen LogP contribution in [0.2, 0.25) is 0 Å². The van der Waals surface area contributed by atoms with Gasteiger partial charge in [-0.25, -0.2) is 18.1 Å². The molecule has 0 aliphatic heterocycles. The Morgan fingerprint density at radius 2 is 1.87 bits per heavy atom. The van der Waals surface area contributed by atoms with Gasteiger partial charge in [-0.05, 0) is 29.8 Å². The van der Waals surface area contributed by atoms with E-state index >= 15 is 0 Å². The van der Waals surface area contributed by atoms with Crippen LogP contribution in [0.25, 0.3) is 11.0 Å². The number of nitrogens with one attached hydrogen (secondary N) is 2. The average molecular weight is 329 g/mol. The van der Waals surface area contributed by atoms with Crippen LogP contribution >= 0.6 is 0 Å². The first-order valence-corrected chi connectivity index (χ1v) is 8.97. The summed E-state index contributed by atoms with van der Waals surface area (Å²) in [5, 5.41) is 0. The van der Waals surface area contributed by atoms with Gasteiger partial charge in [0.05, 0.1) is 15.9 Å². The molecule has 3 aromatic rings. The lowest BCUT2D eigenvalue weighted by Gasteiger charge is -2.06. The molecule has 0 radical (unpaired) electrons. The Hall–Kier alpha value is -2.18. The molecule has 6 heteroatoms. The van der Waals surface area contributed by atoms with E-state index in [1.807, 2.05) is 18.2 Å². The molecule has 0 fully saturated rings. The molecule has 0 unspecified atom stereocenters. The quantitative estimate of drug-likeness (QED) is 0.755. The second-order valence-electron chi connectivity index (χ2n) is 5.77. The van der Waals surface area contributed by atoms with E-state index in [-0.39, 0.29) is 11.4 Å². The third kappa shape index (κ3) is 3.43. The number of hydrogen-bond donors (Lipinski definition) is 2. The second-order valence-corrected chi connectivity index (χ2v) is 7.53. The van der Waals surface area contributed by atoms with Gasteiger partial charge in [-0.3, -0.25) is 0 Å². The van der Waals surface area contributed by atoms with E-state index in [2.05, 4.69) is 28.5 Å². The highest BCUT2D eigenvalue weighted by atomic mass is 32.2. The van der Waals surface area contributed by atoms with Crippen molar-refractivity contribution in [1.82, 2.24) is 14.7 Å². The van der Waals surface area contributed by atoms with Crippen LogP contribution in [0.15, 0.2) is 53.4 Å². The van der Waals surface area contributed by atoms with E-state index in [4.69, 9.17) is 0 Å². The fourth-order valence-electron chi connectivity index (χ4n) is 2.32. The van der Waals surface area contributed by atoms with Crippen LogP contribution in [0.4, 0.5) is 0 Å². The number of hydrogen-bond acceptors (Lipinski definition) is 3. The predicted octanol–water partition coefficient (Wildman–Crippen LogP) is 3.16. The van der Waals surface area contributed by atoms with E-state index in [1.165, 1.54) is 0 Å². The summed E-state index contributed by atoms with van der Waals surface area (Å²) in [6.07, 6.45) is 0. The Balaban J connectivity index is 1.79. The summed E-state index contributed by atoms with van der Waals surface area (Å²) >= 11 is 0. The highest BCUT2D eigenvalue weighted by molar-refractivity contribution is 7.89. The Morgan fingerprint density at radius 3 is 2.57 bits per heavy atom. The fraction of sp³-hybridized carbons (Fsp3) is 0.235. The van der Waals surface area contributed by atoms with Crippen LogP contribution in [0.1, 0.15) is 31.2 Å². The van der Waals surface area contributed by atoms with Crippen molar-refractivity contribution < 1.29 is 8.42 Å². The van der Waals surface area contributed by atoms with Gasteiger partial charge in [-0.2, -0.15) is 0 Å². The molecule has 0 saturated heterocycles. The van der Waals surface area contributed by atoms with Crippen molar-refractivity contribution in [3.63, 3.8) is 0 Å². The van der Waals surface area contributed by atoms with Crippen LogP contribution in [0, 0.1) is 0 Å². The van der Waals surface area contributed by atoms with Gasteiger partial charge in [-0.15, -0.1) is 0 Å². The van der Waals surface area contributed by atoms with Gasteiger partial charge >= 0.3 is 0 Å². The number of nitrogens with zero attached hydrogens (tertiary/aromatic N) is 1. The smallest absolute Gasteiger partial charge is 0.240 e. The lowest BCUT2D eigenvalue weighted by molar-refractivity contribution is 0.581. The van der Waals surface area contributed by atoms with Crippen molar-refractivity contribution in [3.8, 4) is 0 Å². The third-order valence-electron chi connectivity index (χ3n) is 3.63. The number of aromatic amines is 1. The summed E-state index contributed by atoms with van der Waals surface area (Å²) in [7, 11) is -3.50. The van der Waals surface area contributed by atoms with Crippen molar-refractivity contribution in [1.29, 1.82) is 0 Å². The molecule has 23 heavy (non-hydrogen) atoms. The maximum absolute atomic E-state index is 12.2. The van der Waals surface area contributed by atoms with Crippen LogP contribution in [0.5, 0.6) is 0 Å². The number of rotatable bonds is 5. The van der Waals surface area contributed by atoms with E-state index in [0.717, 1.165) is 22.4 Å². The minimum Gasteiger partial charge on any atom is -0.342 e. The van der Waals surface area contributed by atoms with Crippen LogP contribution in [-0.4, -0.2) is 18.4 Å². The minimum absolute atomic E-state index is 0.239. The first kappa shape index (κ1) is 15.7. The summed E-state index contributed by atoms with van der Waals surface area (Å²) in [4.78, 5) is 8.06. The van der Waals surface area contributed by atoms with Gasteiger partial charge in [0.15, 0.2) is 0 Å². The van der Waals surface area contributed by atoms with Crippen molar-refractivity contribution in [2.45, 2.75) is 31.2 Å². The molecule has 0 spiro atoms. The van der Waals surface area contributed by atoms with E-state index < -0.39 is 10.0 Å². The predicted molar refractivity (Wildman–Crippen MR) is 90.7 cm³/mol. The van der Waals surface area contributed by atoms with Crippen molar-refractivity contribution in [2.24, 2.45) is 0 Å². The monoisotopic (exact) mass is 329 g/mol. The highest BCUT2D eigenvalue weighted by Crippen LogP contribution is 2.18. The number of H-pyrrole nitrogens is 1. The zero-order chi connectivity index (χ0) is 16.4. The zero-order valence-corrected chi connectivity index (χ0v) is 13.9. The highest BCUT2D eigenvalue weighted by Gasteiger charge is 2.13. The van der Waals surface area contributed by atoms with Gasteiger partial charge < -0.3 is 4.98 Å². The first-order valence-electron chi connectivity index (χ1n) is 7.49. The molecule has 1 aromatic heterocycles. The molecule has 0 saturated carbocycles. The molecular formula is C17H19N3O2S. The first-order chi connectivity index (χ1) is 11.0. The number of imidazole rings is 1. The summed E-state index contributed by atoms with van der Waals surface area (Å²) in [5.74, 6) is 1.25. The molecule has 2 aromatic carbocycles. The van der Waals surface area contributed by atoms with Gasteiger partial charge in [-0.1, -0.05) is 38.1 Å². The summed E-state index contributed by atoms with van der Waals surface area (Å²) in [6.45, 7) is 4.39. The van der Waals surface area contributed by atoms with Gasteiger partial charge in [0, 0.05) is 12.5 Å². The molecule has 0 amide bonds. The van der Waals surface area contributed by atoms with Gasteiger partial charge in [0.25, 0.3) is 0 Å². The summed E-state index contributed by atoms with van der Waals surface area (Å²) < 4.78 is 27.1. The molecule has 0 bridgehead atoms. The summed E-state index contributed by atoms with van der Waals surface area (Å²) in [5.41, 5.74) is 2.70. The zero-order valence-electron chi connectivity index (χ0n) is 13.1. The van der Waals surface area contributed by atoms with E-state index in [9.17, 15) is 8.42 Å². The van der Waals surface area contributed by atoms with E-state index in [0.29, 0.717) is 5.92 Å². The molecule has 0 aliphatic rings. The van der Waals surface area contributed by atoms with Crippen molar-refractivity contribution >= 4 is 21.1 Å². The van der Waals surface area contributed by atoms with Crippen molar-refractivity contribution in [3.05, 3.63) is 59.9 Å². The number of benzene rings is 2. The molecule has 120 valence electrons. The normalized spacial score (nSPS) is 12.1.